The van der Waals surface area contributed by atoms with Crippen molar-refractivity contribution in [2.75, 3.05) is 39.4 Å². The molecule has 0 N–H and O–H groups in total. The smallest absolute Gasteiger partial charge is 0.410 e. The number of carbonyl (C=O) groups is 2. The third-order valence-corrected chi connectivity index (χ3v) is 4.09. The maximum atomic E-state index is 12.2. The van der Waals surface area contributed by atoms with E-state index in [1.54, 1.807) is 4.90 Å². The number of nitrogens with zero attached hydrogens (tertiary/aromatic N) is 2. The fraction of sp³-hybridized carbons (Fsp3) is 0.895. The van der Waals surface area contributed by atoms with Crippen LogP contribution in [0.4, 0.5) is 4.79 Å². The van der Waals surface area contributed by atoms with Crippen molar-refractivity contribution in [3.63, 3.8) is 0 Å². The van der Waals surface area contributed by atoms with Crippen LogP contribution in [0.5, 0.6) is 0 Å². The molecule has 0 aromatic heterocycles. The molecule has 6 nitrogen and oxygen atoms in total. The van der Waals surface area contributed by atoms with Crippen molar-refractivity contribution in [3.05, 3.63) is 0 Å². The van der Waals surface area contributed by atoms with E-state index < -0.39 is 5.60 Å². The summed E-state index contributed by atoms with van der Waals surface area (Å²) in [6.07, 6.45) is 3.61. The minimum atomic E-state index is -0.477. The van der Waals surface area contributed by atoms with Crippen LogP contribution in [0.25, 0.3) is 0 Å². The highest BCUT2D eigenvalue weighted by Crippen LogP contribution is 2.19. The van der Waals surface area contributed by atoms with E-state index in [4.69, 9.17) is 9.47 Å². The van der Waals surface area contributed by atoms with Gasteiger partial charge in [0.05, 0.1) is 6.61 Å². The van der Waals surface area contributed by atoms with Gasteiger partial charge in [-0.05, 0) is 46.5 Å². The summed E-state index contributed by atoms with van der Waals surface area (Å²) in [4.78, 5) is 28.0. The van der Waals surface area contributed by atoms with Crippen LogP contribution < -0.4 is 0 Å². The lowest BCUT2D eigenvalue weighted by molar-refractivity contribution is -0.137. The maximum Gasteiger partial charge on any atom is 0.410 e. The largest absolute Gasteiger partial charge is 0.444 e. The van der Waals surface area contributed by atoms with Gasteiger partial charge in [-0.25, -0.2) is 4.79 Å². The Balaban J connectivity index is 2.37. The molecule has 0 spiro atoms. The molecular weight excluding hydrogens is 320 g/mol. The zero-order valence-electron chi connectivity index (χ0n) is 16.7. The van der Waals surface area contributed by atoms with Crippen LogP contribution >= 0.6 is 0 Å². The van der Waals surface area contributed by atoms with Crippen molar-refractivity contribution in [2.45, 2.75) is 65.9 Å². The van der Waals surface area contributed by atoms with Gasteiger partial charge in [-0.1, -0.05) is 13.8 Å². The number of hydrogen-bond donors (Lipinski definition) is 0. The molecule has 1 fully saturated rings. The van der Waals surface area contributed by atoms with Gasteiger partial charge in [-0.3, -0.25) is 4.79 Å². The molecule has 0 aromatic carbocycles. The molecule has 1 aliphatic rings. The molecule has 1 atom stereocenters. The number of hydrogen-bond acceptors (Lipinski definition) is 4. The summed E-state index contributed by atoms with van der Waals surface area (Å²) in [5, 5.41) is 0. The van der Waals surface area contributed by atoms with Crippen molar-refractivity contribution >= 4 is 12.0 Å². The number of rotatable bonds is 8. The lowest BCUT2D eigenvalue weighted by Gasteiger charge is -2.34. The predicted molar refractivity (Wildman–Crippen MR) is 98.5 cm³/mol. The summed E-state index contributed by atoms with van der Waals surface area (Å²) < 4.78 is 11.1. The Morgan fingerprint density at radius 1 is 1.16 bits per heavy atom. The summed E-state index contributed by atoms with van der Waals surface area (Å²) >= 11 is 0. The van der Waals surface area contributed by atoms with Gasteiger partial charge in [0.1, 0.15) is 12.2 Å². The number of amides is 2. The Kier molecular flexibility index (Phi) is 9.25. The van der Waals surface area contributed by atoms with Crippen LogP contribution in [0.1, 0.15) is 60.3 Å². The zero-order valence-corrected chi connectivity index (χ0v) is 16.7. The molecule has 0 aromatic rings. The summed E-state index contributed by atoms with van der Waals surface area (Å²) in [6, 6.07) is 0. The Morgan fingerprint density at radius 3 is 2.36 bits per heavy atom. The second-order valence-corrected chi connectivity index (χ2v) is 7.83. The van der Waals surface area contributed by atoms with Gasteiger partial charge < -0.3 is 19.3 Å². The van der Waals surface area contributed by atoms with E-state index in [2.05, 4.69) is 13.8 Å². The first-order valence-electron chi connectivity index (χ1n) is 9.60. The van der Waals surface area contributed by atoms with Gasteiger partial charge in [-0.2, -0.15) is 0 Å². The first-order chi connectivity index (χ1) is 11.8. The minimum Gasteiger partial charge on any atom is -0.444 e. The normalized spacial score (nSPS) is 18.1. The van der Waals surface area contributed by atoms with E-state index in [0.29, 0.717) is 13.2 Å². The quantitative estimate of drug-likeness (QED) is 0.669. The molecule has 1 heterocycles. The van der Waals surface area contributed by atoms with Gasteiger partial charge in [0.2, 0.25) is 5.91 Å². The van der Waals surface area contributed by atoms with Crippen LogP contribution in [0.2, 0.25) is 0 Å². The average molecular weight is 357 g/mol. The molecule has 146 valence electrons. The van der Waals surface area contributed by atoms with Gasteiger partial charge >= 0.3 is 6.09 Å². The van der Waals surface area contributed by atoms with Gasteiger partial charge in [0, 0.05) is 32.1 Å². The molecule has 1 rings (SSSR count). The fourth-order valence-electron chi connectivity index (χ4n) is 3.00. The Bertz CT molecular complexity index is 414. The van der Waals surface area contributed by atoms with Gasteiger partial charge in [0.15, 0.2) is 0 Å². The molecule has 1 aliphatic heterocycles. The third-order valence-electron chi connectivity index (χ3n) is 4.09. The average Bonchev–Trinajstić information content (AvgIpc) is 2.53. The standard InChI is InChI=1S/C19H36N2O4/c1-6-10-20(11-7-2)17(22)15-24-14-16-9-8-12-21(13-16)18(23)25-19(3,4)5/h16H,6-15H2,1-5H3. The van der Waals surface area contributed by atoms with E-state index in [1.807, 2.05) is 25.7 Å². The van der Waals surface area contributed by atoms with Gasteiger partial charge in [-0.15, -0.1) is 0 Å². The Morgan fingerprint density at radius 2 is 1.80 bits per heavy atom. The summed E-state index contributed by atoms with van der Waals surface area (Å²) in [7, 11) is 0. The number of carbonyl (C=O) groups excluding carboxylic acids is 2. The Labute approximate surface area is 152 Å². The topological polar surface area (TPSA) is 59.1 Å². The fourth-order valence-corrected chi connectivity index (χ4v) is 3.00. The van der Waals surface area contributed by atoms with Crippen LogP contribution in [0, 0.1) is 5.92 Å². The SMILES string of the molecule is CCCN(CCC)C(=O)COCC1CCCN(C(=O)OC(C)(C)C)C1. The van der Waals surface area contributed by atoms with Crippen molar-refractivity contribution < 1.29 is 19.1 Å². The molecule has 0 aliphatic carbocycles. The molecular formula is C19H36N2O4. The van der Waals surface area contributed by atoms with E-state index >= 15 is 0 Å². The van der Waals surface area contributed by atoms with Crippen LogP contribution in [0.15, 0.2) is 0 Å². The summed E-state index contributed by atoms with van der Waals surface area (Å²) in [5.41, 5.74) is -0.477. The summed E-state index contributed by atoms with van der Waals surface area (Å²) in [5.74, 6) is 0.323. The number of likely N-dealkylation sites (tertiary alicyclic amines) is 1. The molecule has 2 amide bonds. The van der Waals surface area contributed by atoms with Crippen molar-refractivity contribution in [1.82, 2.24) is 9.80 Å². The second-order valence-electron chi connectivity index (χ2n) is 7.83. The zero-order chi connectivity index (χ0) is 18.9. The van der Waals surface area contributed by atoms with Crippen molar-refractivity contribution in [3.8, 4) is 0 Å². The first kappa shape index (κ1) is 21.7. The van der Waals surface area contributed by atoms with Crippen molar-refractivity contribution in [1.29, 1.82) is 0 Å². The molecule has 0 radical (unpaired) electrons. The summed E-state index contributed by atoms with van der Waals surface area (Å²) in [6.45, 7) is 13.3. The van der Waals surface area contributed by atoms with Gasteiger partial charge in [0.25, 0.3) is 0 Å². The highest BCUT2D eigenvalue weighted by molar-refractivity contribution is 5.77. The molecule has 1 saturated heterocycles. The molecule has 0 bridgehead atoms. The van der Waals surface area contributed by atoms with E-state index in [1.165, 1.54) is 0 Å². The van der Waals surface area contributed by atoms with Crippen molar-refractivity contribution in [2.24, 2.45) is 5.92 Å². The first-order valence-corrected chi connectivity index (χ1v) is 9.60. The minimum absolute atomic E-state index is 0.0588. The molecule has 0 saturated carbocycles. The Hall–Kier alpha value is -1.30. The van der Waals surface area contributed by atoms with Crippen LogP contribution in [-0.4, -0.2) is 66.8 Å². The molecule has 1 unspecified atom stereocenters. The van der Waals surface area contributed by atoms with E-state index in [0.717, 1.165) is 45.3 Å². The van der Waals surface area contributed by atoms with Crippen LogP contribution in [0.3, 0.4) is 0 Å². The predicted octanol–water partition coefficient (Wildman–Crippen LogP) is 3.30. The third kappa shape index (κ3) is 8.56. The maximum absolute atomic E-state index is 12.2. The van der Waals surface area contributed by atoms with E-state index in [9.17, 15) is 9.59 Å². The lowest BCUT2D eigenvalue weighted by atomic mass is 9.99. The number of ether oxygens (including phenoxy) is 2. The second kappa shape index (κ2) is 10.6. The lowest BCUT2D eigenvalue weighted by Crippen LogP contribution is -2.44. The van der Waals surface area contributed by atoms with Crippen LogP contribution in [-0.2, 0) is 14.3 Å². The highest BCUT2D eigenvalue weighted by atomic mass is 16.6. The highest BCUT2D eigenvalue weighted by Gasteiger charge is 2.27. The molecule has 25 heavy (non-hydrogen) atoms. The van der Waals surface area contributed by atoms with E-state index in [-0.39, 0.29) is 24.5 Å². The number of piperidine rings is 1. The monoisotopic (exact) mass is 356 g/mol. The molecule has 6 heteroatoms.